The van der Waals surface area contributed by atoms with Crippen molar-refractivity contribution in [3.05, 3.63) is 64.5 Å². The molecule has 130 valence electrons. The highest BCUT2D eigenvalue weighted by atomic mass is 127. The number of fused-ring (bicyclic) bond motifs is 1. The van der Waals surface area contributed by atoms with Gasteiger partial charge in [-0.2, -0.15) is 0 Å². The van der Waals surface area contributed by atoms with E-state index in [9.17, 15) is 9.59 Å². The van der Waals surface area contributed by atoms with Crippen molar-refractivity contribution < 1.29 is 14.7 Å². The van der Waals surface area contributed by atoms with Crippen LogP contribution in [0, 0.1) is 3.57 Å². The Bertz CT molecular complexity index is 1020. The summed E-state index contributed by atoms with van der Waals surface area (Å²) in [6.45, 7) is 0. The lowest BCUT2D eigenvalue weighted by Gasteiger charge is -2.10. The van der Waals surface area contributed by atoms with E-state index in [1.54, 1.807) is 18.2 Å². The van der Waals surface area contributed by atoms with Crippen molar-refractivity contribution in [2.75, 3.05) is 10.6 Å². The molecule has 0 saturated heterocycles. The number of nitrogens with zero attached hydrogens (tertiary/aromatic N) is 2. The number of carboxylic acids is 1. The zero-order valence-electron chi connectivity index (χ0n) is 13.3. The molecule has 26 heavy (non-hydrogen) atoms. The lowest BCUT2D eigenvalue weighted by atomic mass is 10.2. The van der Waals surface area contributed by atoms with Crippen molar-refractivity contribution in [2.24, 2.45) is 0 Å². The second-order valence-electron chi connectivity index (χ2n) is 5.25. The first-order valence-corrected chi connectivity index (χ1v) is 8.58. The van der Waals surface area contributed by atoms with E-state index in [2.05, 4.69) is 43.2 Å². The predicted octanol–water partition coefficient (Wildman–Crippen LogP) is 3.56. The predicted molar refractivity (Wildman–Crippen MR) is 107 cm³/mol. The largest absolute Gasteiger partial charge is 0.478 e. The maximum atomic E-state index is 11.8. The lowest BCUT2D eigenvalue weighted by molar-refractivity contribution is -0.131. The number of carbonyl (C=O) groups is 2. The Balaban J connectivity index is 1.90. The molecule has 8 heteroatoms. The van der Waals surface area contributed by atoms with Gasteiger partial charge in [0.1, 0.15) is 12.1 Å². The smallest absolute Gasteiger partial charge is 0.328 e. The highest BCUT2D eigenvalue weighted by Crippen LogP contribution is 2.26. The minimum absolute atomic E-state index is 0.512. The highest BCUT2D eigenvalue weighted by Gasteiger charge is 2.07. The van der Waals surface area contributed by atoms with Crippen molar-refractivity contribution in [3.8, 4) is 0 Å². The van der Waals surface area contributed by atoms with Crippen molar-refractivity contribution >= 4 is 62.6 Å². The molecule has 0 unspecified atom stereocenters. The molecule has 1 amide bonds. The first-order valence-electron chi connectivity index (χ1n) is 7.50. The maximum Gasteiger partial charge on any atom is 0.328 e. The molecule has 0 atom stereocenters. The van der Waals surface area contributed by atoms with Gasteiger partial charge in [0.05, 0.1) is 5.52 Å². The molecule has 0 radical (unpaired) electrons. The second kappa shape index (κ2) is 7.91. The van der Waals surface area contributed by atoms with E-state index in [1.807, 2.05) is 24.3 Å². The number of hydrogen-bond acceptors (Lipinski definition) is 5. The normalized spacial score (nSPS) is 10.8. The first-order chi connectivity index (χ1) is 12.5. The lowest BCUT2D eigenvalue weighted by Crippen LogP contribution is -2.08. The zero-order chi connectivity index (χ0) is 18.5. The van der Waals surface area contributed by atoms with Crippen LogP contribution in [0.3, 0.4) is 0 Å². The van der Waals surface area contributed by atoms with E-state index in [1.165, 1.54) is 6.33 Å². The molecule has 1 aromatic heterocycles. The van der Waals surface area contributed by atoms with E-state index < -0.39 is 11.9 Å². The standard InChI is InChI=1S/C18H13IN4O3/c19-11-2-1-3-12(8-11)23-18-14-9-13(4-5-15(14)20-10-21-18)22-16(24)6-7-17(25)26/h1-10H,(H,22,24)(H,25,26)(H,20,21,23)/b7-6-. The van der Waals surface area contributed by atoms with Crippen LogP contribution < -0.4 is 10.6 Å². The summed E-state index contributed by atoms with van der Waals surface area (Å²) in [5.41, 5.74) is 2.11. The number of halogens is 1. The third-order valence-corrected chi connectivity index (χ3v) is 4.04. The van der Waals surface area contributed by atoms with Crippen LogP contribution in [0.5, 0.6) is 0 Å². The van der Waals surface area contributed by atoms with E-state index in [-0.39, 0.29) is 0 Å². The maximum absolute atomic E-state index is 11.8. The average Bonchev–Trinajstić information content (AvgIpc) is 2.60. The van der Waals surface area contributed by atoms with Gasteiger partial charge in [-0.05, 0) is 59.0 Å². The summed E-state index contributed by atoms with van der Waals surface area (Å²) >= 11 is 2.23. The number of nitrogens with one attached hydrogen (secondary N) is 2. The number of hydrogen-bond donors (Lipinski definition) is 3. The number of anilines is 3. The number of carboxylic acid groups (broad SMARTS) is 1. The Hall–Kier alpha value is -3.01. The van der Waals surface area contributed by atoms with Gasteiger partial charge >= 0.3 is 5.97 Å². The Morgan fingerprint density at radius 2 is 1.88 bits per heavy atom. The molecule has 2 aromatic carbocycles. The number of aliphatic carboxylic acids is 1. The van der Waals surface area contributed by atoms with Gasteiger partial charge in [0, 0.05) is 32.5 Å². The van der Waals surface area contributed by atoms with Gasteiger partial charge in [0.25, 0.3) is 0 Å². The second-order valence-corrected chi connectivity index (χ2v) is 6.50. The summed E-state index contributed by atoms with van der Waals surface area (Å²) in [6, 6.07) is 13.0. The van der Waals surface area contributed by atoms with Crippen LogP contribution in [0.2, 0.25) is 0 Å². The van der Waals surface area contributed by atoms with E-state index in [4.69, 9.17) is 5.11 Å². The minimum atomic E-state index is -1.18. The molecule has 0 fully saturated rings. The third-order valence-electron chi connectivity index (χ3n) is 3.37. The molecule has 0 aliphatic heterocycles. The number of amides is 1. The molecule has 1 heterocycles. The summed E-state index contributed by atoms with van der Waals surface area (Å²) in [5, 5.41) is 15.2. The topological polar surface area (TPSA) is 104 Å². The van der Waals surface area contributed by atoms with Crippen LogP contribution in [0.1, 0.15) is 0 Å². The molecule has 0 bridgehead atoms. The molecule has 3 rings (SSSR count). The first kappa shape index (κ1) is 17.8. The van der Waals surface area contributed by atoms with Gasteiger partial charge < -0.3 is 15.7 Å². The summed E-state index contributed by atoms with van der Waals surface area (Å²) in [5.74, 6) is -1.11. The van der Waals surface area contributed by atoms with E-state index in [0.29, 0.717) is 17.0 Å². The van der Waals surface area contributed by atoms with E-state index >= 15 is 0 Å². The van der Waals surface area contributed by atoms with Crippen LogP contribution in [0.25, 0.3) is 10.9 Å². The Morgan fingerprint density at radius 1 is 1.04 bits per heavy atom. The van der Waals surface area contributed by atoms with Crippen LogP contribution in [-0.4, -0.2) is 27.0 Å². The van der Waals surface area contributed by atoms with Gasteiger partial charge in [-0.1, -0.05) is 6.07 Å². The van der Waals surface area contributed by atoms with Crippen LogP contribution in [0.15, 0.2) is 60.9 Å². The highest BCUT2D eigenvalue weighted by molar-refractivity contribution is 14.1. The molecule has 3 N–H and O–H groups in total. The fourth-order valence-corrected chi connectivity index (χ4v) is 2.81. The minimum Gasteiger partial charge on any atom is -0.478 e. The molecular weight excluding hydrogens is 447 g/mol. The third kappa shape index (κ3) is 4.54. The van der Waals surface area contributed by atoms with Crippen molar-refractivity contribution in [3.63, 3.8) is 0 Å². The van der Waals surface area contributed by atoms with E-state index in [0.717, 1.165) is 26.8 Å². The fraction of sp³-hybridized carbons (Fsp3) is 0. The van der Waals surface area contributed by atoms with Gasteiger partial charge in [0.2, 0.25) is 5.91 Å². The van der Waals surface area contributed by atoms with Crippen molar-refractivity contribution in [1.29, 1.82) is 0 Å². The van der Waals surface area contributed by atoms with Crippen LogP contribution >= 0.6 is 22.6 Å². The Kier molecular flexibility index (Phi) is 5.42. The van der Waals surface area contributed by atoms with Gasteiger partial charge in [-0.25, -0.2) is 14.8 Å². The van der Waals surface area contributed by atoms with Crippen LogP contribution in [0.4, 0.5) is 17.2 Å². The number of carbonyl (C=O) groups excluding carboxylic acids is 1. The average molecular weight is 460 g/mol. The molecule has 0 saturated carbocycles. The van der Waals surface area contributed by atoms with Gasteiger partial charge in [-0.15, -0.1) is 0 Å². The Labute approximate surface area is 162 Å². The summed E-state index contributed by atoms with van der Waals surface area (Å²) in [6.07, 6.45) is 3.20. The molecular formula is C18H13IN4O3. The summed E-state index contributed by atoms with van der Waals surface area (Å²) in [4.78, 5) is 30.7. The SMILES string of the molecule is O=C(O)/C=C\C(=O)Nc1ccc2ncnc(Nc3cccc(I)c3)c2c1. The molecule has 0 aliphatic rings. The summed E-state index contributed by atoms with van der Waals surface area (Å²) in [7, 11) is 0. The summed E-state index contributed by atoms with van der Waals surface area (Å²) < 4.78 is 1.09. The molecule has 0 spiro atoms. The zero-order valence-corrected chi connectivity index (χ0v) is 15.5. The monoisotopic (exact) mass is 460 g/mol. The number of rotatable bonds is 5. The molecule has 0 aliphatic carbocycles. The molecule has 7 nitrogen and oxygen atoms in total. The fourth-order valence-electron chi connectivity index (χ4n) is 2.27. The Morgan fingerprint density at radius 3 is 2.65 bits per heavy atom. The number of aromatic nitrogens is 2. The quantitative estimate of drug-likeness (QED) is 0.398. The molecule has 3 aromatic rings. The van der Waals surface area contributed by atoms with Crippen molar-refractivity contribution in [2.45, 2.75) is 0 Å². The van der Waals surface area contributed by atoms with Crippen LogP contribution in [-0.2, 0) is 9.59 Å². The van der Waals surface area contributed by atoms with Gasteiger partial charge in [-0.3, -0.25) is 4.79 Å². The van der Waals surface area contributed by atoms with Crippen molar-refractivity contribution in [1.82, 2.24) is 9.97 Å². The van der Waals surface area contributed by atoms with Gasteiger partial charge in [0.15, 0.2) is 0 Å². The number of benzene rings is 2.